The van der Waals surface area contributed by atoms with Crippen molar-refractivity contribution in [2.24, 2.45) is 0 Å². The fourth-order valence-electron chi connectivity index (χ4n) is 2.22. The van der Waals surface area contributed by atoms with Crippen LogP contribution in [0.5, 0.6) is 0 Å². The van der Waals surface area contributed by atoms with Gasteiger partial charge in [-0.15, -0.1) is 0 Å². The number of allylic oxidation sites excluding steroid dienone is 2. The van der Waals surface area contributed by atoms with Crippen molar-refractivity contribution in [1.82, 2.24) is 0 Å². The summed E-state index contributed by atoms with van der Waals surface area (Å²) in [6.07, 6.45) is 9.43. The highest BCUT2D eigenvalue weighted by atomic mass is 19.4. The van der Waals surface area contributed by atoms with Crippen LogP contribution in [0.2, 0.25) is 0 Å². The number of halogens is 3. The molecule has 126 valence electrons. The molecule has 1 unspecified atom stereocenters. The molecule has 0 spiro atoms. The number of rotatable bonds is 13. The summed E-state index contributed by atoms with van der Waals surface area (Å²) in [5, 5.41) is 8.83. The van der Waals surface area contributed by atoms with Crippen LogP contribution in [0.1, 0.15) is 84.0 Å². The molecule has 0 aliphatic rings. The fourth-order valence-corrected chi connectivity index (χ4v) is 2.22. The zero-order valence-electron chi connectivity index (χ0n) is 13.3. The van der Waals surface area contributed by atoms with Gasteiger partial charge in [0.25, 0.3) is 0 Å². The van der Waals surface area contributed by atoms with Crippen molar-refractivity contribution >= 4 is 0 Å². The van der Waals surface area contributed by atoms with Crippen molar-refractivity contribution in [3.63, 3.8) is 0 Å². The number of aliphatic hydroxyl groups excluding tert-OH is 1. The van der Waals surface area contributed by atoms with Crippen molar-refractivity contribution in [3.05, 3.63) is 12.2 Å². The fraction of sp³-hybridized carbons (Fsp3) is 0.882. The van der Waals surface area contributed by atoms with E-state index in [-0.39, 0.29) is 6.42 Å². The van der Waals surface area contributed by atoms with Gasteiger partial charge in [-0.25, -0.2) is 0 Å². The van der Waals surface area contributed by atoms with Crippen molar-refractivity contribution in [2.45, 2.75) is 96.3 Å². The monoisotopic (exact) mass is 308 g/mol. The Balaban J connectivity index is 3.24. The van der Waals surface area contributed by atoms with Gasteiger partial charge in [0.15, 0.2) is 0 Å². The molecule has 0 saturated carbocycles. The Morgan fingerprint density at radius 2 is 1.29 bits per heavy atom. The average Bonchev–Trinajstić information content (AvgIpc) is 2.42. The molecule has 0 fully saturated rings. The minimum absolute atomic E-state index is 0.166. The summed E-state index contributed by atoms with van der Waals surface area (Å²) in [6, 6.07) is 0. The van der Waals surface area contributed by atoms with Crippen LogP contribution < -0.4 is 0 Å². The molecule has 0 radical (unpaired) electrons. The van der Waals surface area contributed by atoms with Crippen LogP contribution in [-0.2, 0) is 0 Å². The molecule has 0 rings (SSSR count). The highest BCUT2D eigenvalue weighted by molar-refractivity contribution is 4.81. The SMILES string of the molecule is CCCCCC/C=C\CCCCCCCC(O)C(F)(F)F. The normalized spacial score (nSPS) is 14.0. The molecule has 1 atom stereocenters. The minimum atomic E-state index is -4.46. The summed E-state index contributed by atoms with van der Waals surface area (Å²) in [5.41, 5.74) is 0. The van der Waals surface area contributed by atoms with Gasteiger partial charge in [-0.2, -0.15) is 13.2 Å². The maximum atomic E-state index is 12.0. The van der Waals surface area contributed by atoms with E-state index in [1.165, 1.54) is 25.7 Å². The summed E-state index contributed by atoms with van der Waals surface area (Å²) in [5.74, 6) is 0. The van der Waals surface area contributed by atoms with Gasteiger partial charge in [0, 0.05) is 0 Å². The van der Waals surface area contributed by atoms with E-state index in [2.05, 4.69) is 19.1 Å². The molecule has 0 aromatic carbocycles. The van der Waals surface area contributed by atoms with Gasteiger partial charge >= 0.3 is 6.18 Å². The molecule has 0 aromatic rings. The number of aliphatic hydroxyl groups is 1. The van der Waals surface area contributed by atoms with Gasteiger partial charge in [-0.1, -0.05) is 64.0 Å². The van der Waals surface area contributed by atoms with Gasteiger partial charge < -0.3 is 5.11 Å². The van der Waals surface area contributed by atoms with Crippen molar-refractivity contribution in [1.29, 1.82) is 0 Å². The summed E-state index contributed by atoms with van der Waals surface area (Å²) in [7, 11) is 0. The second-order valence-corrected chi connectivity index (χ2v) is 5.72. The van der Waals surface area contributed by atoms with Crippen LogP contribution in [0.4, 0.5) is 13.2 Å². The van der Waals surface area contributed by atoms with E-state index in [0.29, 0.717) is 6.42 Å². The average molecular weight is 308 g/mol. The van der Waals surface area contributed by atoms with Crippen LogP contribution in [-0.4, -0.2) is 17.4 Å². The summed E-state index contributed by atoms with van der Waals surface area (Å²) < 4.78 is 36.1. The second-order valence-electron chi connectivity index (χ2n) is 5.72. The third kappa shape index (κ3) is 14.2. The van der Waals surface area contributed by atoms with Gasteiger partial charge in [0.05, 0.1) is 0 Å². The van der Waals surface area contributed by atoms with E-state index in [1.807, 2.05) is 0 Å². The summed E-state index contributed by atoms with van der Waals surface area (Å²) >= 11 is 0. The van der Waals surface area contributed by atoms with Crippen molar-refractivity contribution in [3.8, 4) is 0 Å². The first-order valence-electron chi connectivity index (χ1n) is 8.38. The summed E-state index contributed by atoms with van der Waals surface area (Å²) in [4.78, 5) is 0. The Hall–Kier alpha value is -0.510. The second kappa shape index (κ2) is 13.2. The highest BCUT2D eigenvalue weighted by Crippen LogP contribution is 2.24. The van der Waals surface area contributed by atoms with Crippen LogP contribution in [0.3, 0.4) is 0 Å². The van der Waals surface area contributed by atoms with E-state index in [0.717, 1.165) is 38.5 Å². The Bertz CT molecular complexity index is 249. The molecule has 1 N–H and O–H groups in total. The molecule has 0 bridgehead atoms. The quantitative estimate of drug-likeness (QED) is 0.319. The molecule has 0 heterocycles. The molecule has 0 aliphatic carbocycles. The maximum Gasteiger partial charge on any atom is 0.414 e. The molecule has 0 aromatic heterocycles. The predicted molar refractivity (Wildman–Crippen MR) is 82.3 cm³/mol. The van der Waals surface area contributed by atoms with E-state index < -0.39 is 12.3 Å². The zero-order valence-corrected chi connectivity index (χ0v) is 13.3. The van der Waals surface area contributed by atoms with E-state index >= 15 is 0 Å². The molecule has 21 heavy (non-hydrogen) atoms. The van der Waals surface area contributed by atoms with Crippen molar-refractivity contribution < 1.29 is 18.3 Å². The van der Waals surface area contributed by atoms with E-state index in [4.69, 9.17) is 5.11 Å². The molecule has 0 amide bonds. The Morgan fingerprint density at radius 1 is 0.810 bits per heavy atom. The first kappa shape index (κ1) is 20.5. The van der Waals surface area contributed by atoms with Crippen molar-refractivity contribution in [2.75, 3.05) is 0 Å². The smallest absolute Gasteiger partial charge is 0.384 e. The number of alkyl halides is 3. The van der Waals surface area contributed by atoms with Crippen LogP contribution >= 0.6 is 0 Å². The molecule has 0 saturated heterocycles. The van der Waals surface area contributed by atoms with Gasteiger partial charge in [0.2, 0.25) is 0 Å². The predicted octanol–water partition coefficient (Wildman–Crippen LogP) is 6.17. The lowest BCUT2D eigenvalue weighted by atomic mass is 10.1. The van der Waals surface area contributed by atoms with Crippen LogP contribution in [0.25, 0.3) is 0 Å². The molecular formula is C17H31F3O. The summed E-state index contributed by atoms with van der Waals surface area (Å²) in [6.45, 7) is 2.21. The minimum Gasteiger partial charge on any atom is -0.384 e. The number of hydrogen-bond acceptors (Lipinski definition) is 1. The lowest BCUT2D eigenvalue weighted by Gasteiger charge is -2.13. The lowest BCUT2D eigenvalue weighted by molar-refractivity contribution is -0.205. The molecule has 1 nitrogen and oxygen atoms in total. The highest BCUT2D eigenvalue weighted by Gasteiger charge is 2.37. The number of hydrogen-bond donors (Lipinski definition) is 1. The van der Waals surface area contributed by atoms with Gasteiger partial charge in [-0.3, -0.25) is 0 Å². The third-order valence-electron chi connectivity index (χ3n) is 3.62. The Kier molecular flexibility index (Phi) is 12.9. The largest absolute Gasteiger partial charge is 0.414 e. The lowest BCUT2D eigenvalue weighted by Crippen LogP contribution is -2.28. The van der Waals surface area contributed by atoms with Gasteiger partial charge in [0.1, 0.15) is 6.10 Å². The molecular weight excluding hydrogens is 277 g/mol. The van der Waals surface area contributed by atoms with E-state index in [9.17, 15) is 13.2 Å². The maximum absolute atomic E-state index is 12.0. The zero-order chi connectivity index (χ0) is 16.0. The van der Waals surface area contributed by atoms with Gasteiger partial charge in [-0.05, 0) is 32.1 Å². The first-order valence-corrected chi connectivity index (χ1v) is 8.38. The standard InChI is InChI=1S/C17H31F3O/c1-2-3-4-5-6-7-8-9-10-11-12-13-14-15-16(21)17(18,19)20/h7-8,16,21H,2-6,9-15H2,1H3/b8-7-. The third-order valence-corrected chi connectivity index (χ3v) is 3.62. The topological polar surface area (TPSA) is 20.2 Å². The Morgan fingerprint density at radius 3 is 1.81 bits per heavy atom. The first-order chi connectivity index (χ1) is 9.98. The Labute approximate surface area is 127 Å². The van der Waals surface area contributed by atoms with Crippen LogP contribution in [0, 0.1) is 0 Å². The molecule has 4 heteroatoms. The number of unbranched alkanes of at least 4 members (excludes halogenated alkanes) is 9. The molecule has 0 aliphatic heterocycles. The van der Waals surface area contributed by atoms with E-state index in [1.54, 1.807) is 0 Å². The van der Waals surface area contributed by atoms with Crippen LogP contribution in [0.15, 0.2) is 12.2 Å².